The number of methoxy groups -OCH3 is 1. The fraction of sp³-hybridized carbons (Fsp3) is 0.824. The Morgan fingerprint density at radius 2 is 1.32 bits per heavy atom. The molecule has 0 bridgehead atoms. The van der Waals surface area contributed by atoms with Crippen molar-refractivity contribution in [1.29, 1.82) is 0 Å². The molecule has 0 heterocycles. The molecule has 1 atom stereocenters. The summed E-state index contributed by atoms with van der Waals surface area (Å²) < 4.78 is 4.73. The average Bonchev–Trinajstić information content (AvgIpc) is 2.60. The van der Waals surface area contributed by atoms with Gasteiger partial charge in [-0.2, -0.15) is 0 Å². The van der Waals surface area contributed by atoms with E-state index in [4.69, 9.17) is 4.74 Å². The zero-order valence-electron chi connectivity index (χ0n) is 15.8. The van der Waals surface area contributed by atoms with E-state index < -0.39 is 12.0 Å². The summed E-state index contributed by atoms with van der Waals surface area (Å²) in [6.45, 7) is 5.87. The average molecular weight is 358 g/mol. The van der Waals surface area contributed by atoms with Crippen molar-refractivity contribution in [3.63, 3.8) is 0 Å². The smallest absolute Gasteiger partial charge is 0.328 e. The largest absolute Gasteiger partial charge is 0.467 e. The van der Waals surface area contributed by atoms with Crippen molar-refractivity contribution < 1.29 is 19.1 Å². The summed E-state index contributed by atoms with van der Waals surface area (Å²) >= 11 is 0. The molecule has 0 radical (unpaired) electrons. The Balaban J connectivity index is 3.98. The second-order valence-corrected chi connectivity index (χ2v) is 5.86. The zero-order chi connectivity index (χ0) is 18.9. The first-order chi connectivity index (χ1) is 12.0. The maximum atomic E-state index is 11.8. The van der Waals surface area contributed by atoms with Gasteiger partial charge in [0, 0.05) is 19.6 Å². The van der Waals surface area contributed by atoms with Crippen molar-refractivity contribution in [2.75, 3.05) is 26.7 Å². The Kier molecular flexibility index (Phi) is 14.3. The zero-order valence-corrected chi connectivity index (χ0v) is 15.8. The minimum atomic E-state index is -0.676. The molecule has 0 unspecified atom stereocenters. The molecular weight excluding hydrogens is 324 g/mol. The number of unbranched alkanes of at least 4 members (excludes halogenated alkanes) is 3. The van der Waals surface area contributed by atoms with E-state index in [2.05, 4.69) is 28.2 Å². The second-order valence-electron chi connectivity index (χ2n) is 5.86. The first kappa shape index (κ1) is 23.0. The van der Waals surface area contributed by atoms with Crippen LogP contribution in [-0.2, 0) is 9.53 Å². The number of esters is 1. The summed E-state index contributed by atoms with van der Waals surface area (Å²) in [6.07, 6.45) is 5.74. The SMILES string of the molecule is CCCCNC(=O)NCCCC[C@H](NC(=O)NCCCC)C(=O)OC. The molecule has 8 heteroatoms. The van der Waals surface area contributed by atoms with Gasteiger partial charge >= 0.3 is 18.0 Å². The summed E-state index contributed by atoms with van der Waals surface area (Å²) in [5, 5.41) is 10.9. The minimum Gasteiger partial charge on any atom is -0.467 e. The predicted molar refractivity (Wildman–Crippen MR) is 97.4 cm³/mol. The molecule has 4 amide bonds. The van der Waals surface area contributed by atoms with Crippen LogP contribution in [0.25, 0.3) is 0 Å². The Morgan fingerprint density at radius 3 is 1.84 bits per heavy atom. The molecular formula is C17H34N4O4. The lowest BCUT2D eigenvalue weighted by Gasteiger charge is -2.17. The number of hydrogen-bond acceptors (Lipinski definition) is 4. The molecule has 0 aromatic heterocycles. The van der Waals surface area contributed by atoms with Gasteiger partial charge in [-0.3, -0.25) is 0 Å². The van der Waals surface area contributed by atoms with Crippen LogP contribution >= 0.6 is 0 Å². The van der Waals surface area contributed by atoms with Gasteiger partial charge in [-0.1, -0.05) is 26.7 Å². The molecule has 0 aliphatic rings. The molecule has 0 aromatic carbocycles. The van der Waals surface area contributed by atoms with Crippen LogP contribution in [0.2, 0.25) is 0 Å². The van der Waals surface area contributed by atoms with Gasteiger partial charge < -0.3 is 26.0 Å². The minimum absolute atomic E-state index is 0.175. The Morgan fingerprint density at radius 1 is 0.800 bits per heavy atom. The third-order valence-electron chi connectivity index (χ3n) is 3.63. The lowest BCUT2D eigenvalue weighted by atomic mass is 10.1. The van der Waals surface area contributed by atoms with E-state index in [-0.39, 0.29) is 12.1 Å². The van der Waals surface area contributed by atoms with Crippen molar-refractivity contribution in [2.24, 2.45) is 0 Å². The highest BCUT2D eigenvalue weighted by atomic mass is 16.5. The number of ether oxygens (including phenoxy) is 1. The molecule has 25 heavy (non-hydrogen) atoms. The van der Waals surface area contributed by atoms with Crippen molar-refractivity contribution in [1.82, 2.24) is 21.3 Å². The number of amides is 4. The van der Waals surface area contributed by atoms with Gasteiger partial charge in [-0.05, 0) is 32.1 Å². The van der Waals surface area contributed by atoms with Gasteiger partial charge in [0.05, 0.1) is 7.11 Å². The lowest BCUT2D eigenvalue weighted by molar-refractivity contribution is -0.143. The first-order valence-electron chi connectivity index (χ1n) is 9.19. The monoisotopic (exact) mass is 358 g/mol. The van der Waals surface area contributed by atoms with Crippen LogP contribution in [0, 0.1) is 0 Å². The maximum absolute atomic E-state index is 11.8. The quantitative estimate of drug-likeness (QED) is 0.298. The number of urea groups is 2. The van der Waals surface area contributed by atoms with Crippen LogP contribution in [0.4, 0.5) is 9.59 Å². The Bertz CT molecular complexity index is 391. The number of hydrogen-bond donors (Lipinski definition) is 4. The van der Waals surface area contributed by atoms with E-state index in [0.717, 1.165) is 25.7 Å². The summed E-state index contributed by atoms with van der Waals surface area (Å²) in [6, 6.07) is -1.21. The summed E-state index contributed by atoms with van der Waals surface area (Å²) in [4.78, 5) is 35.0. The van der Waals surface area contributed by atoms with Gasteiger partial charge in [0.1, 0.15) is 6.04 Å². The van der Waals surface area contributed by atoms with Gasteiger partial charge in [-0.15, -0.1) is 0 Å². The Hall–Kier alpha value is -1.99. The van der Waals surface area contributed by atoms with Gasteiger partial charge in [0.25, 0.3) is 0 Å². The van der Waals surface area contributed by atoms with Crippen LogP contribution < -0.4 is 21.3 Å². The van der Waals surface area contributed by atoms with E-state index in [1.807, 2.05) is 6.92 Å². The predicted octanol–water partition coefficient (Wildman–Crippen LogP) is 1.90. The molecule has 0 rings (SSSR count). The van der Waals surface area contributed by atoms with Crippen molar-refractivity contribution in [3.8, 4) is 0 Å². The van der Waals surface area contributed by atoms with Crippen molar-refractivity contribution in [2.45, 2.75) is 64.8 Å². The lowest BCUT2D eigenvalue weighted by Crippen LogP contribution is -2.46. The van der Waals surface area contributed by atoms with Crippen molar-refractivity contribution in [3.05, 3.63) is 0 Å². The fourth-order valence-electron chi connectivity index (χ4n) is 2.10. The van der Waals surface area contributed by atoms with Gasteiger partial charge in [0.15, 0.2) is 0 Å². The molecule has 0 aliphatic heterocycles. The molecule has 0 fully saturated rings. The molecule has 0 saturated heterocycles. The van der Waals surface area contributed by atoms with Crippen LogP contribution in [0.1, 0.15) is 58.8 Å². The fourth-order valence-corrected chi connectivity index (χ4v) is 2.10. The standard InChI is InChI=1S/C17H34N4O4/c1-4-6-11-18-16(23)19-13-9-8-10-14(15(22)25-3)21-17(24)20-12-7-5-2/h14H,4-13H2,1-3H3,(H2,18,19,23)(H2,20,21,24)/t14-/m0/s1. The third-order valence-corrected chi connectivity index (χ3v) is 3.63. The molecule has 0 saturated carbocycles. The number of carbonyl (C=O) groups excluding carboxylic acids is 3. The van der Waals surface area contributed by atoms with Crippen LogP contribution in [0.3, 0.4) is 0 Å². The molecule has 146 valence electrons. The maximum Gasteiger partial charge on any atom is 0.328 e. The van der Waals surface area contributed by atoms with E-state index >= 15 is 0 Å². The van der Waals surface area contributed by atoms with Crippen LogP contribution in [0.15, 0.2) is 0 Å². The molecule has 8 nitrogen and oxygen atoms in total. The van der Waals surface area contributed by atoms with E-state index in [1.165, 1.54) is 7.11 Å². The number of carbonyl (C=O) groups is 3. The molecule has 4 N–H and O–H groups in total. The number of rotatable bonds is 13. The molecule has 0 aliphatic carbocycles. The van der Waals surface area contributed by atoms with E-state index in [0.29, 0.717) is 38.9 Å². The highest BCUT2D eigenvalue weighted by molar-refractivity contribution is 5.83. The molecule has 0 spiro atoms. The molecule has 0 aromatic rings. The van der Waals surface area contributed by atoms with Crippen LogP contribution in [-0.4, -0.2) is 50.8 Å². The van der Waals surface area contributed by atoms with E-state index in [1.54, 1.807) is 0 Å². The first-order valence-corrected chi connectivity index (χ1v) is 9.19. The van der Waals surface area contributed by atoms with Gasteiger partial charge in [0.2, 0.25) is 0 Å². The van der Waals surface area contributed by atoms with Crippen molar-refractivity contribution >= 4 is 18.0 Å². The third kappa shape index (κ3) is 13.0. The highest BCUT2D eigenvalue weighted by Crippen LogP contribution is 2.03. The van der Waals surface area contributed by atoms with Crippen LogP contribution in [0.5, 0.6) is 0 Å². The topological polar surface area (TPSA) is 109 Å². The summed E-state index contributed by atoms with van der Waals surface area (Å²) in [5.74, 6) is -0.462. The highest BCUT2D eigenvalue weighted by Gasteiger charge is 2.20. The number of nitrogens with one attached hydrogen (secondary N) is 4. The van der Waals surface area contributed by atoms with Gasteiger partial charge in [-0.25, -0.2) is 14.4 Å². The summed E-state index contributed by atoms with van der Waals surface area (Å²) in [5.41, 5.74) is 0. The normalized spacial score (nSPS) is 11.3. The second kappa shape index (κ2) is 15.5. The Labute approximate surface area is 150 Å². The van der Waals surface area contributed by atoms with E-state index in [9.17, 15) is 14.4 Å². The summed E-state index contributed by atoms with van der Waals surface area (Å²) in [7, 11) is 1.30.